The zero-order chi connectivity index (χ0) is 23.6. The van der Waals surface area contributed by atoms with Gasteiger partial charge >= 0.3 is 0 Å². The van der Waals surface area contributed by atoms with Crippen molar-refractivity contribution in [2.75, 3.05) is 4.72 Å². The lowest BCUT2D eigenvalue weighted by atomic mass is 9.96. The summed E-state index contributed by atoms with van der Waals surface area (Å²) in [6, 6.07) is 15.1. The van der Waals surface area contributed by atoms with Gasteiger partial charge in [-0.1, -0.05) is 41.4 Å². The average molecular weight is 471 g/mol. The molecule has 0 unspecified atom stereocenters. The van der Waals surface area contributed by atoms with Crippen molar-refractivity contribution in [1.29, 1.82) is 0 Å². The third kappa shape index (κ3) is 5.31. The van der Waals surface area contributed by atoms with E-state index in [1.54, 1.807) is 24.3 Å². The first kappa shape index (κ1) is 23.8. The Hall–Kier alpha value is -2.83. The minimum atomic E-state index is -3.97. The molecular weight excluding hydrogens is 444 g/mol. The maximum absolute atomic E-state index is 12.9. The Labute approximate surface area is 194 Å². The number of aryl methyl sites for hydroxylation is 4. The van der Waals surface area contributed by atoms with Gasteiger partial charge in [0, 0.05) is 11.3 Å². The molecule has 3 aromatic rings. The molecule has 3 rings (SSSR count). The summed E-state index contributed by atoms with van der Waals surface area (Å²) in [5.74, 6) is -0.376. The number of carbonyl (C=O) groups is 1. The van der Waals surface area contributed by atoms with Crippen molar-refractivity contribution in [1.82, 2.24) is 5.32 Å². The lowest BCUT2D eigenvalue weighted by Gasteiger charge is -2.19. The van der Waals surface area contributed by atoms with Gasteiger partial charge in [0.05, 0.1) is 11.1 Å². The molecule has 0 radical (unpaired) electrons. The number of rotatable bonds is 6. The zero-order valence-corrected chi connectivity index (χ0v) is 20.4. The molecule has 0 saturated carbocycles. The highest BCUT2D eigenvalue weighted by Crippen LogP contribution is 2.26. The van der Waals surface area contributed by atoms with E-state index in [-0.39, 0.29) is 27.4 Å². The average Bonchev–Trinajstić information content (AvgIpc) is 2.72. The van der Waals surface area contributed by atoms with Crippen LogP contribution in [0.5, 0.6) is 0 Å². The highest BCUT2D eigenvalue weighted by molar-refractivity contribution is 7.92. The lowest BCUT2D eigenvalue weighted by Crippen LogP contribution is -2.27. The van der Waals surface area contributed by atoms with Crippen LogP contribution >= 0.6 is 11.6 Å². The standard InChI is InChI=1S/C25H27ClN2O3S/c1-15-6-9-21(10-7-15)28-32(30,31)24-14-20(8-11-23(24)26)25(29)27-19(5)22-13-17(3)16(2)12-18(22)4/h6-14,19,28H,1-5H3,(H,27,29)/t19-/m0/s1. The number of anilines is 1. The van der Waals surface area contributed by atoms with Crippen molar-refractivity contribution < 1.29 is 13.2 Å². The monoisotopic (exact) mass is 470 g/mol. The van der Waals surface area contributed by atoms with E-state index in [1.807, 2.05) is 27.7 Å². The van der Waals surface area contributed by atoms with E-state index < -0.39 is 10.0 Å². The number of benzene rings is 3. The predicted octanol–water partition coefficient (Wildman–Crippen LogP) is 5.87. The van der Waals surface area contributed by atoms with Crippen LogP contribution in [0.1, 0.15) is 51.1 Å². The Bertz CT molecular complexity index is 1270. The topological polar surface area (TPSA) is 75.3 Å². The Morgan fingerprint density at radius 2 is 1.50 bits per heavy atom. The molecule has 0 aliphatic carbocycles. The molecule has 5 nitrogen and oxygen atoms in total. The zero-order valence-electron chi connectivity index (χ0n) is 18.8. The molecule has 0 aliphatic rings. The summed E-state index contributed by atoms with van der Waals surface area (Å²) in [5, 5.41) is 3.00. The van der Waals surface area contributed by atoms with Crippen LogP contribution in [0, 0.1) is 27.7 Å². The van der Waals surface area contributed by atoms with Gasteiger partial charge in [0.15, 0.2) is 0 Å². The summed E-state index contributed by atoms with van der Waals surface area (Å²) >= 11 is 6.18. The molecule has 1 amide bonds. The fourth-order valence-corrected chi connectivity index (χ4v) is 5.07. The summed E-state index contributed by atoms with van der Waals surface area (Å²) < 4.78 is 28.3. The smallest absolute Gasteiger partial charge is 0.263 e. The first-order valence-corrected chi connectivity index (χ1v) is 12.1. The second-order valence-electron chi connectivity index (χ2n) is 8.10. The van der Waals surface area contributed by atoms with Gasteiger partial charge in [-0.25, -0.2) is 8.42 Å². The Morgan fingerprint density at radius 1 is 0.875 bits per heavy atom. The highest BCUT2D eigenvalue weighted by atomic mass is 35.5. The molecule has 3 aromatic carbocycles. The van der Waals surface area contributed by atoms with E-state index in [1.165, 1.54) is 23.8 Å². The van der Waals surface area contributed by atoms with E-state index in [9.17, 15) is 13.2 Å². The van der Waals surface area contributed by atoms with Crippen molar-refractivity contribution in [3.05, 3.63) is 93.0 Å². The van der Waals surface area contributed by atoms with Crippen molar-refractivity contribution in [3.8, 4) is 0 Å². The number of halogens is 1. The number of hydrogen-bond donors (Lipinski definition) is 2. The molecule has 0 bridgehead atoms. The largest absolute Gasteiger partial charge is 0.346 e. The Morgan fingerprint density at radius 3 is 2.16 bits per heavy atom. The molecule has 0 fully saturated rings. The van der Waals surface area contributed by atoms with Crippen LogP contribution in [-0.4, -0.2) is 14.3 Å². The van der Waals surface area contributed by atoms with Crippen LogP contribution in [0.15, 0.2) is 59.5 Å². The third-order valence-corrected chi connectivity index (χ3v) is 7.35. The lowest BCUT2D eigenvalue weighted by molar-refractivity contribution is 0.0939. The summed E-state index contributed by atoms with van der Waals surface area (Å²) in [7, 11) is -3.97. The number of amides is 1. The molecule has 0 heterocycles. The van der Waals surface area contributed by atoms with Gasteiger partial charge in [-0.05, 0) is 87.2 Å². The van der Waals surface area contributed by atoms with Gasteiger partial charge in [0.25, 0.3) is 15.9 Å². The molecule has 0 aliphatic heterocycles. The third-order valence-electron chi connectivity index (χ3n) is 5.48. The number of nitrogens with one attached hydrogen (secondary N) is 2. The van der Waals surface area contributed by atoms with Crippen LogP contribution in [0.25, 0.3) is 0 Å². The van der Waals surface area contributed by atoms with Crippen LogP contribution in [0.3, 0.4) is 0 Å². The van der Waals surface area contributed by atoms with Crippen LogP contribution in [0.2, 0.25) is 5.02 Å². The van der Waals surface area contributed by atoms with Gasteiger partial charge < -0.3 is 5.32 Å². The summed E-state index contributed by atoms with van der Waals surface area (Å²) in [6.07, 6.45) is 0. The minimum Gasteiger partial charge on any atom is -0.346 e. The molecule has 168 valence electrons. The molecule has 32 heavy (non-hydrogen) atoms. The first-order chi connectivity index (χ1) is 15.0. The fraction of sp³-hybridized carbons (Fsp3) is 0.240. The predicted molar refractivity (Wildman–Crippen MR) is 130 cm³/mol. The summed E-state index contributed by atoms with van der Waals surface area (Å²) in [4.78, 5) is 12.8. The molecular formula is C25H27ClN2O3S. The molecule has 2 N–H and O–H groups in total. The van der Waals surface area contributed by atoms with Gasteiger partial charge in [-0.15, -0.1) is 0 Å². The van der Waals surface area contributed by atoms with E-state index >= 15 is 0 Å². The quantitative estimate of drug-likeness (QED) is 0.473. The maximum atomic E-state index is 12.9. The molecule has 0 aromatic heterocycles. The minimum absolute atomic E-state index is 0.0409. The van der Waals surface area contributed by atoms with Gasteiger partial charge in [-0.3, -0.25) is 9.52 Å². The molecule has 1 atom stereocenters. The molecule has 7 heteroatoms. The van der Waals surface area contributed by atoms with Crippen LogP contribution in [0.4, 0.5) is 5.69 Å². The van der Waals surface area contributed by atoms with Gasteiger partial charge in [-0.2, -0.15) is 0 Å². The van der Waals surface area contributed by atoms with Crippen LogP contribution in [-0.2, 0) is 10.0 Å². The van der Waals surface area contributed by atoms with Gasteiger partial charge in [0.1, 0.15) is 4.90 Å². The molecule has 0 spiro atoms. The van der Waals surface area contributed by atoms with Gasteiger partial charge in [0.2, 0.25) is 0 Å². The second-order valence-corrected chi connectivity index (χ2v) is 10.2. The highest BCUT2D eigenvalue weighted by Gasteiger charge is 2.21. The number of sulfonamides is 1. The fourth-order valence-electron chi connectivity index (χ4n) is 3.49. The Balaban J connectivity index is 1.85. The Kier molecular flexibility index (Phi) is 6.96. The maximum Gasteiger partial charge on any atom is 0.263 e. The number of carbonyl (C=O) groups excluding carboxylic acids is 1. The summed E-state index contributed by atoms with van der Waals surface area (Å²) in [6.45, 7) is 9.91. The van der Waals surface area contributed by atoms with E-state index in [4.69, 9.17) is 11.6 Å². The van der Waals surface area contributed by atoms with Crippen molar-refractivity contribution in [2.24, 2.45) is 0 Å². The SMILES string of the molecule is Cc1ccc(NS(=O)(=O)c2cc(C(=O)N[C@@H](C)c3cc(C)c(C)cc3C)ccc2Cl)cc1. The van der Waals surface area contributed by atoms with E-state index in [0.717, 1.165) is 22.3 Å². The molecule has 0 saturated heterocycles. The van der Waals surface area contributed by atoms with E-state index in [0.29, 0.717) is 5.69 Å². The number of hydrogen-bond acceptors (Lipinski definition) is 3. The van der Waals surface area contributed by atoms with Crippen molar-refractivity contribution in [2.45, 2.75) is 45.6 Å². The first-order valence-electron chi connectivity index (χ1n) is 10.3. The van der Waals surface area contributed by atoms with Crippen molar-refractivity contribution in [3.63, 3.8) is 0 Å². The second kappa shape index (κ2) is 9.35. The summed E-state index contributed by atoms with van der Waals surface area (Å²) in [5.41, 5.74) is 6.09. The van der Waals surface area contributed by atoms with E-state index in [2.05, 4.69) is 29.1 Å². The normalized spacial score (nSPS) is 12.3. The van der Waals surface area contributed by atoms with Crippen LogP contribution < -0.4 is 10.0 Å². The van der Waals surface area contributed by atoms with Crippen molar-refractivity contribution >= 4 is 33.2 Å².